The molecule has 0 saturated heterocycles. The molecule has 0 unspecified atom stereocenters. The van der Waals surface area contributed by atoms with Crippen molar-refractivity contribution in [1.82, 2.24) is 9.97 Å². The number of aromatic amines is 1. The van der Waals surface area contributed by atoms with Gasteiger partial charge in [-0.3, -0.25) is 0 Å². The van der Waals surface area contributed by atoms with E-state index >= 15 is 0 Å². The molecule has 1 aromatic rings. The molecule has 0 spiro atoms. The smallest absolute Gasteiger partial charge is 0.107 e. The SMILES string of the molecule is ClCCc1ncc(C2CCC2)[nH]1. The standard InChI is InChI=1S/C9H13ClN2/c10-5-4-9-11-6-8(12-9)7-2-1-3-7/h6-7H,1-5H2,(H,11,12). The first kappa shape index (κ1) is 8.11. The number of alkyl halides is 1. The zero-order valence-electron chi connectivity index (χ0n) is 7.02. The van der Waals surface area contributed by atoms with Crippen LogP contribution in [0.2, 0.25) is 0 Å². The van der Waals surface area contributed by atoms with Gasteiger partial charge in [0.25, 0.3) is 0 Å². The average Bonchev–Trinajstić information content (AvgIpc) is 2.34. The van der Waals surface area contributed by atoms with Crippen LogP contribution in [-0.4, -0.2) is 15.8 Å². The van der Waals surface area contributed by atoms with Crippen molar-refractivity contribution in [2.24, 2.45) is 0 Å². The lowest BCUT2D eigenvalue weighted by atomic mass is 9.83. The second kappa shape index (κ2) is 3.48. The summed E-state index contributed by atoms with van der Waals surface area (Å²) in [6.45, 7) is 0. The summed E-state index contributed by atoms with van der Waals surface area (Å²) in [5.41, 5.74) is 1.31. The van der Waals surface area contributed by atoms with Crippen molar-refractivity contribution in [2.45, 2.75) is 31.6 Å². The zero-order chi connectivity index (χ0) is 8.39. The van der Waals surface area contributed by atoms with Gasteiger partial charge in [0.1, 0.15) is 5.82 Å². The Hall–Kier alpha value is -0.500. The van der Waals surface area contributed by atoms with Crippen molar-refractivity contribution in [3.05, 3.63) is 17.7 Å². The Balaban J connectivity index is 2.02. The number of aromatic nitrogens is 2. The Kier molecular flexibility index (Phi) is 2.35. The molecule has 1 N–H and O–H groups in total. The number of hydrogen-bond donors (Lipinski definition) is 1. The van der Waals surface area contributed by atoms with Crippen LogP contribution < -0.4 is 0 Å². The van der Waals surface area contributed by atoms with E-state index in [4.69, 9.17) is 11.6 Å². The summed E-state index contributed by atoms with van der Waals surface area (Å²) in [7, 11) is 0. The molecule has 1 fully saturated rings. The van der Waals surface area contributed by atoms with E-state index in [0.717, 1.165) is 18.2 Å². The minimum atomic E-state index is 0.650. The molecule has 12 heavy (non-hydrogen) atoms. The van der Waals surface area contributed by atoms with Crippen molar-refractivity contribution in [2.75, 3.05) is 5.88 Å². The number of imidazole rings is 1. The van der Waals surface area contributed by atoms with Crippen molar-refractivity contribution >= 4 is 11.6 Å². The number of rotatable bonds is 3. The van der Waals surface area contributed by atoms with Crippen LogP contribution in [0, 0.1) is 0 Å². The third-order valence-electron chi connectivity index (χ3n) is 2.52. The largest absolute Gasteiger partial charge is 0.346 e. The van der Waals surface area contributed by atoms with Gasteiger partial charge in [-0.05, 0) is 12.8 Å². The molecule has 3 heteroatoms. The van der Waals surface area contributed by atoms with Gasteiger partial charge in [-0.15, -0.1) is 11.6 Å². The van der Waals surface area contributed by atoms with Crippen molar-refractivity contribution in [3.63, 3.8) is 0 Å². The van der Waals surface area contributed by atoms with E-state index in [2.05, 4.69) is 9.97 Å². The van der Waals surface area contributed by atoms with E-state index in [1.54, 1.807) is 0 Å². The number of halogens is 1. The maximum Gasteiger partial charge on any atom is 0.107 e. The summed E-state index contributed by atoms with van der Waals surface area (Å²) >= 11 is 5.61. The van der Waals surface area contributed by atoms with Crippen LogP contribution in [0.25, 0.3) is 0 Å². The molecular formula is C9H13ClN2. The van der Waals surface area contributed by atoms with E-state index < -0.39 is 0 Å². The van der Waals surface area contributed by atoms with Gasteiger partial charge in [-0.1, -0.05) is 6.42 Å². The third kappa shape index (κ3) is 1.48. The topological polar surface area (TPSA) is 28.7 Å². The van der Waals surface area contributed by atoms with Crippen LogP contribution in [0.5, 0.6) is 0 Å². The Morgan fingerprint density at radius 1 is 1.58 bits per heavy atom. The monoisotopic (exact) mass is 184 g/mol. The fraction of sp³-hybridized carbons (Fsp3) is 0.667. The fourth-order valence-electron chi connectivity index (χ4n) is 1.52. The molecule has 2 nitrogen and oxygen atoms in total. The van der Waals surface area contributed by atoms with E-state index in [9.17, 15) is 0 Å². The number of nitrogens with zero attached hydrogens (tertiary/aromatic N) is 1. The molecule has 0 radical (unpaired) electrons. The van der Waals surface area contributed by atoms with Gasteiger partial charge in [-0.25, -0.2) is 4.98 Å². The molecule has 0 aromatic carbocycles. The lowest BCUT2D eigenvalue weighted by Gasteiger charge is -2.23. The highest BCUT2D eigenvalue weighted by Crippen LogP contribution is 2.35. The molecule has 0 atom stereocenters. The number of H-pyrrole nitrogens is 1. The second-order valence-electron chi connectivity index (χ2n) is 3.35. The summed E-state index contributed by atoms with van der Waals surface area (Å²) < 4.78 is 0. The van der Waals surface area contributed by atoms with Gasteiger partial charge >= 0.3 is 0 Å². The van der Waals surface area contributed by atoms with Crippen LogP contribution in [0.3, 0.4) is 0 Å². The van der Waals surface area contributed by atoms with Crippen molar-refractivity contribution in [1.29, 1.82) is 0 Å². The highest BCUT2D eigenvalue weighted by molar-refractivity contribution is 6.17. The number of nitrogens with one attached hydrogen (secondary N) is 1. The van der Waals surface area contributed by atoms with E-state index in [1.807, 2.05) is 6.20 Å². The number of aryl methyl sites for hydroxylation is 1. The Morgan fingerprint density at radius 2 is 2.42 bits per heavy atom. The van der Waals surface area contributed by atoms with Gasteiger partial charge in [0.2, 0.25) is 0 Å². The molecule has 1 aromatic heterocycles. The minimum Gasteiger partial charge on any atom is -0.346 e. The minimum absolute atomic E-state index is 0.650. The first-order chi connectivity index (χ1) is 5.90. The van der Waals surface area contributed by atoms with Crippen LogP contribution >= 0.6 is 11.6 Å². The molecule has 66 valence electrons. The summed E-state index contributed by atoms with van der Waals surface area (Å²) in [5, 5.41) is 0. The normalized spacial score (nSPS) is 17.8. The predicted octanol–water partition coefficient (Wildman–Crippen LogP) is 2.46. The van der Waals surface area contributed by atoms with Gasteiger partial charge in [0.05, 0.1) is 0 Å². The summed E-state index contributed by atoms with van der Waals surface area (Å²) in [6.07, 6.45) is 6.83. The first-order valence-electron chi connectivity index (χ1n) is 4.50. The van der Waals surface area contributed by atoms with Crippen LogP contribution in [0.4, 0.5) is 0 Å². The third-order valence-corrected chi connectivity index (χ3v) is 2.71. The Labute approximate surface area is 77.3 Å². The lowest BCUT2D eigenvalue weighted by molar-refractivity contribution is 0.412. The zero-order valence-corrected chi connectivity index (χ0v) is 7.77. The van der Waals surface area contributed by atoms with Gasteiger partial charge < -0.3 is 4.98 Å². The number of hydrogen-bond acceptors (Lipinski definition) is 1. The maximum atomic E-state index is 5.61. The van der Waals surface area contributed by atoms with Gasteiger partial charge in [0.15, 0.2) is 0 Å². The van der Waals surface area contributed by atoms with Crippen molar-refractivity contribution < 1.29 is 0 Å². The summed E-state index contributed by atoms with van der Waals surface area (Å²) in [4.78, 5) is 7.59. The maximum absolute atomic E-state index is 5.61. The van der Waals surface area contributed by atoms with E-state index in [1.165, 1.54) is 25.0 Å². The van der Waals surface area contributed by atoms with Gasteiger partial charge in [0, 0.05) is 30.1 Å². The van der Waals surface area contributed by atoms with Gasteiger partial charge in [-0.2, -0.15) is 0 Å². The Morgan fingerprint density at radius 3 is 3.00 bits per heavy atom. The molecule has 0 amide bonds. The summed E-state index contributed by atoms with van der Waals surface area (Å²) in [6, 6.07) is 0. The molecule has 1 aliphatic carbocycles. The molecule has 0 bridgehead atoms. The highest BCUT2D eigenvalue weighted by Gasteiger charge is 2.20. The lowest BCUT2D eigenvalue weighted by Crippen LogP contribution is -2.08. The van der Waals surface area contributed by atoms with E-state index in [-0.39, 0.29) is 0 Å². The van der Waals surface area contributed by atoms with Crippen LogP contribution in [0.15, 0.2) is 6.20 Å². The molecule has 0 aliphatic heterocycles. The predicted molar refractivity (Wildman–Crippen MR) is 49.6 cm³/mol. The van der Waals surface area contributed by atoms with Crippen molar-refractivity contribution in [3.8, 4) is 0 Å². The Bertz CT molecular complexity index is 253. The second-order valence-corrected chi connectivity index (χ2v) is 3.73. The quantitative estimate of drug-likeness (QED) is 0.719. The van der Waals surface area contributed by atoms with E-state index in [0.29, 0.717) is 5.88 Å². The highest BCUT2D eigenvalue weighted by atomic mass is 35.5. The molecular weight excluding hydrogens is 172 g/mol. The first-order valence-corrected chi connectivity index (χ1v) is 5.03. The molecule has 1 heterocycles. The van der Waals surface area contributed by atoms with Crippen LogP contribution in [0.1, 0.15) is 36.7 Å². The molecule has 1 aliphatic rings. The van der Waals surface area contributed by atoms with Crippen LogP contribution in [-0.2, 0) is 6.42 Å². The summed E-state index contributed by atoms with van der Waals surface area (Å²) in [5.74, 6) is 2.44. The fourth-order valence-corrected chi connectivity index (χ4v) is 1.70. The molecule has 2 rings (SSSR count). The molecule has 1 saturated carbocycles. The average molecular weight is 185 g/mol.